The number of rotatable bonds is 2. The van der Waals surface area contributed by atoms with Crippen LogP contribution in [-0.2, 0) is 0 Å². The number of benzene rings is 1. The number of hydrogen-bond acceptors (Lipinski definition) is 2. The summed E-state index contributed by atoms with van der Waals surface area (Å²) in [6.45, 7) is 0. The average molecular weight is 336 g/mol. The molecule has 0 saturated heterocycles. The van der Waals surface area contributed by atoms with Crippen molar-refractivity contribution in [3.63, 3.8) is 0 Å². The van der Waals surface area contributed by atoms with Gasteiger partial charge in [0, 0.05) is 21.3 Å². The molecular formula is C14H8BrClN2O. The molecule has 3 aromatic rings. The highest BCUT2D eigenvalue weighted by Gasteiger charge is 2.14. The van der Waals surface area contributed by atoms with Crippen molar-refractivity contribution in [2.45, 2.75) is 0 Å². The summed E-state index contributed by atoms with van der Waals surface area (Å²) >= 11 is 9.33. The van der Waals surface area contributed by atoms with Crippen LogP contribution in [0.4, 0.5) is 0 Å². The second kappa shape index (κ2) is 4.79. The summed E-state index contributed by atoms with van der Waals surface area (Å²) in [5, 5.41) is 0.668. The molecule has 0 bridgehead atoms. The summed E-state index contributed by atoms with van der Waals surface area (Å²) < 4.78 is 2.72. The topological polar surface area (TPSA) is 34.4 Å². The first kappa shape index (κ1) is 12.4. The van der Waals surface area contributed by atoms with Crippen molar-refractivity contribution in [1.29, 1.82) is 0 Å². The molecule has 0 atom stereocenters. The van der Waals surface area contributed by atoms with Crippen LogP contribution in [-0.4, -0.2) is 15.7 Å². The molecule has 3 rings (SSSR count). The van der Waals surface area contributed by atoms with Crippen molar-refractivity contribution in [3.05, 3.63) is 57.8 Å². The zero-order chi connectivity index (χ0) is 13.4. The van der Waals surface area contributed by atoms with E-state index in [2.05, 4.69) is 20.9 Å². The molecule has 0 saturated carbocycles. The van der Waals surface area contributed by atoms with Crippen molar-refractivity contribution in [3.8, 4) is 11.4 Å². The fourth-order valence-electron chi connectivity index (χ4n) is 2.01. The Morgan fingerprint density at radius 1 is 1.21 bits per heavy atom. The Kier molecular flexibility index (Phi) is 3.12. The van der Waals surface area contributed by atoms with E-state index in [1.807, 2.05) is 34.9 Å². The van der Waals surface area contributed by atoms with Crippen molar-refractivity contribution in [2.24, 2.45) is 0 Å². The number of hydrogen-bond donors (Lipinski definition) is 0. The van der Waals surface area contributed by atoms with Gasteiger partial charge in [-0.3, -0.25) is 9.20 Å². The lowest BCUT2D eigenvalue weighted by Gasteiger charge is -2.02. The van der Waals surface area contributed by atoms with E-state index in [0.717, 1.165) is 27.7 Å². The van der Waals surface area contributed by atoms with Crippen LogP contribution in [0.5, 0.6) is 0 Å². The minimum absolute atomic E-state index is 0.414. The third-order valence-corrected chi connectivity index (χ3v) is 3.75. The summed E-state index contributed by atoms with van der Waals surface area (Å²) in [5.74, 6) is 0.718. The zero-order valence-corrected chi connectivity index (χ0v) is 12.0. The van der Waals surface area contributed by atoms with Gasteiger partial charge in [0.25, 0.3) is 0 Å². The molecule has 94 valence electrons. The molecule has 0 radical (unpaired) electrons. The standard InChI is InChI=1S/C14H8BrClN2O/c15-11-2-1-7-18-13(11)12(8-19)17-14(18)9-3-5-10(16)6-4-9/h1-8H. The van der Waals surface area contributed by atoms with Crippen LogP contribution in [0.15, 0.2) is 47.1 Å². The summed E-state index contributed by atoms with van der Waals surface area (Å²) in [5.41, 5.74) is 2.09. The molecule has 0 N–H and O–H groups in total. The minimum Gasteiger partial charge on any atom is -0.298 e. The third kappa shape index (κ3) is 2.07. The lowest BCUT2D eigenvalue weighted by atomic mass is 10.2. The van der Waals surface area contributed by atoms with Crippen LogP contribution in [0.25, 0.3) is 16.9 Å². The summed E-state index contributed by atoms with van der Waals surface area (Å²) in [4.78, 5) is 15.5. The Morgan fingerprint density at radius 2 is 1.95 bits per heavy atom. The Morgan fingerprint density at radius 3 is 2.63 bits per heavy atom. The molecule has 19 heavy (non-hydrogen) atoms. The first-order valence-electron chi connectivity index (χ1n) is 5.58. The zero-order valence-electron chi connectivity index (χ0n) is 9.68. The van der Waals surface area contributed by atoms with Crippen LogP contribution in [0.2, 0.25) is 5.02 Å². The number of fused-ring (bicyclic) bond motifs is 1. The number of nitrogens with zero attached hydrogens (tertiary/aromatic N) is 2. The molecule has 0 spiro atoms. The lowest BCUT2D eigenvalue weighted by Crippen LogP contribution is -1.89. The number of carbonyl (C=O) groups excluding carboxylic acids is 1. The first-order valence-corrected chi connectivity index (χ1v) is 6.75. The van der Waals surface area contributed by atoms with Crippen molar-refractivity contribution >= 4 is 39.3 Å². The monoisotopic (exact) mass is 334 g/mol. The predicted octanol–water partition coefficient (Wildman–Crippen LogP) is 4.23. The number of pyridine rings is 1. The maximum atomic E-state index is 11.2. The average Bonchev–Trinajstić information content (AvgIpc) is 2.80. The van der Waals surface area contributed by atoms with Gasteiger partial charge in [-0.1, -0.05) is 11.6 Å². The molecule has 0 fully saturated rings. The van der Waals surface area contributed by atoms with E-state index in [-0.39, 0.29) is 0 Å². The molecule has 0 unspecified atom stereocenters. The number of aldehydes is 1. The Labute approximate surface area is 123 Å². The van der Waals surface area contributed by atoms with Crippen LogP contribution in [0, 0.1) is 0 Å². The van der Waals surface area contributed by atoms with Crippen molar-refractivity contribution in [2.75, 3.05) is 0 Å². The Hall–Kier alpha value is -1.65. The van der Waals surface area contributed by atoms with Gasteiger partial charge in [0.15, 0.2) is 6.29 Å². The van der Waals surface area contributed by atoms with Crippen LogP contribution >= 0.6 is 27.5 Å². The SMILES string of the molecule is O=Cc1nc(-c2ccc(Cl)cc2)n2cccc(Br)c12. The third-order valence-electron chi connectivity index (χ3n) is 2.86. The fourth-order valence-corrected chi connectivity index (χ4v) is 2.68. The molecule has 2 aromatic heterocycles. The molecule has 0 aliphatic rings. The molecule has 0 aliphatic carbocycles. The largest absolute Gasteiger partial charge is 0.298 e. The molecule has 5 heteroatoms. The maximum Gasteiger partial charge on any atom is 0.170 e. The van der Waals surface area contributed by atoms with Crippen molar-refractivity contribution in [1.82, 2.24) is 9.38 Å². The fraction of sp³-hybridized carbons (Fsp3) is 0. The van der Waals surface area contributed by atoms with E-state index >= 15 is 0 Å². The first-order chi connectivity index (χ1) is 9.20. The molecule has 3 nitrogen and oxygen atoms in total. The van der Waals surface area contributed by atoms with Gasteiger partial charge in [0.1, 0.15) is 11.5 Å². The van der Waals surface area contributed by atoms with E-state index in [1.54, 1.807) is 12.1 Å². The van der Waals surface area contributed by atoms with E-state index < -0.39 is 0 Å². The second-order valence-corrected chi connectivity index (χ2v) is 5.31. The summed E-state index contributed by atoms with van der Waals surface area (Å²) in [7, 11) is 0. The van der Waals surface area contributed by atoms with Gasteiger partial charge in [-0.25, -0.2) is 4.98 Å². The molecular weight excluding hydrogens is 328 g/mol. The highest BCUT2D eigenvalue weighted by molar-refractivity contribution is 9.10. The van der Waals surface area contributed by atoms with Gasteiger partial charge in [-0.05, 0) is 52.3 Å². The van der Waals surface area contributed by atoms with E-state index in [0.29, 0.717) is 10.7 Å². The van der Waals surface area contributed by atoms with Crippen LogP contribution < -0.4 is 0 Å². The van der Waals surface area contributed by atoms with E-state index in [9.17, 15) is 4.79 Å². The molecule has 2 heterocycles. The van der Waals surface area contributed by atoms with Gasteiger partial charge < -0.3 is 0 Å². The van der Waals surface area contributed by atoms with E-state index in [4.69, 9.17) is 11.6 Å². The molecule has 1 aromatic carbocycles. The maximum absolute atomic E-state index is 11.2. The van der Waals surface area contributed by atoms with Gasteiger partial charge in [-0.2, -0.15) is 0 Å². The summed E-state index contributed by atoms with van der Waals surface area (Å²) in [6, 6.07) is 11.1. The summed E-state index contributed by atoms with van der Waals surface area (Å²) in [6.07, 6.45) is 2.64. The smallest absolute Gasteiger partial charge is 0.170 e. The number of aromatic nitrogens is 2. The van der Waals surface area contributed by atoms with Gasteiger partial charge in [0.05, 0.1) is 5.52 Å². The second-order valence-electron chi connectivity index (χ2n) is 4.02. The quantitative estimate of drug-likeness (QED) is 0.657. The highest BCUT2D eigenvalue weighted by atomic mass is 79.9. The number of carbonyl (C=O) groups is 1. The highest BCUT2D eigenvalue weighted by Crippen LogP contribution is 2.27. The molecule has 0 aliphatic heterocycles. The van der Waals surface area contributed by atoms with Gasteiger partial charge >= 0.3 is 0 Å². The number of imidazole rings is 1. The normalized spacial score (nSPS) is 10.8. The molecule has 0 amide bonds. The lowest BCUT2D eigenvalue weighted by molar-refractivity contribution is 0.112. The predicted molar refractivity (Wildman–Crippen MR) is 78.7 cm³/mol. The van der Waals surface area contributed by atoms with Gasteiger partial charge in [0.2, 0.25) is 0 Å². The van der Waals surface area contributed by atoms with E-state index in [1.165, 1.54) is 0 Å². The van der Waals surface area contributed by atoms with Crippen LogP contribution in [0.3, 0.4) is 0 Å². The Balaban J connectivity index is 2.33. The van der Waals surface area contributed by atoms with Crippen LogP contribution in [0.1, 0.15) is 10.5 Å². The van der Waals surface area contributed by atoms with Gasteiger partial charge in [-0.15, -0.1) is 0 Å². The Bertz CT molecular complexity index is 765. The van der Waals surface area contributed by atoms with Crippen molar-refractivity contribution < 1.29 is 4.79 Å². The minimum atomic E-state index is 0.414. The number of halogens is 2.